The zero-order valence-electron chi connectivity index (χ0n) is 11.9. The molecule has 2 N–H and O–H groups in total. The highest BCUT2D eigenvalue weighted by molar-refractivity contribution is 5.98. The van der Waals surface area contributed by atoms with Gasteiger partial charge in [0.25, 0.3) is 11.6 Å². The number of nitrogens with zero attached hydrogens (tertiary/aromatic N) is 3. The molecule has 0 fully saturated rings. The van der Waals surface area contributed by atoms with Gasteiger partial charge in [-0.3, -0.25) is 14.9 Å². The summed E-state index contributed by atoms with van der Waals surface area (Å²) in [5.41, 5.74) is 5.35. The quantitative estimate of drug-likeness (QED) is 0.541. The maximum atomic E-state index is 12.4. The van der Waals surface area contributed by atoms with Gasteiger partial charge in [-0.2, -0.15) is 0 Å². The van der Waals surface area contributed by atoms with Crippen LogP contribution in [0.15, 0.2) is 12.3 Å². The SMILES string of the molecule is COCCN(CCOC)C(=O)c1cc([N+](=O)[O-])cnc1N. The summed E-state index contributed by atoms with van der Waals surface area (Å²) in [5.74, 6) is -0.497. The van der Waals surface area contributed by atoms with Crippen LogP contribution in [0.1, 0.15) is 10.4 Å². The third-order valence-corrected chi connectivity index (χ3v) is 2.76. The van der Waals surface area contributed by atoms with E-state index in [2.05, 4.69) is 4.98 Å². The van der Waals surface area contributed by atoms with Gasteiger partial charge in [0.15, 0.2) is 0 Å². The Bertz CT molecular complexity index is 500. The van der Waals surface area contributed by atoms with E-state index >= 15 is 0 Å². The first-order valence-electron chi connectivity index (χ1n) is 6.18. The number of methoxy groups -OCH3 is 2. The molecule has 0 spiro atoms. The fourth-order valence-electron chi connectivity index (χ4n) is 1.62. The van der Waals surface area contributed by atoms with Crippen molar-refractivity contribution in [3.05, 3.63) is 27.9 Å². The Morgan fingerprint density at radius 3 is 2.43 bits per heavy atom. The van der Waals surface area contributed by atoms with E-state index in [4.69, 9.17) is 15.2 Å². The molecule has 0 aromatic carbocycles. The molecule has 21 heavy (non-hydrogen) atoms. The lowest BCUT2D eigenvalue weighted by Crippen LogP contribution is -2.37. The molecule has 1 amide bonds. The van der Waals surface area contributed by atoms with E-state index in [1.165, 1.54) is 19.1 Å². The smallest absolute Gasteiger partial charge is 0.288 e. The lowest BCUT2D eigenvalue weighted by molar-refractivity contribution is -0.385. The van der Waals surface area contributed by atoms with Gasteiger partial charge in [-0.15, -0.1) is 0 Å². The average molecular weight is 298 g/mol. The van der Waals surface area contributed by atoms with Crippen LogP contribution in [0.3, 0.4) is 0 Å². The van der Waals surface area contributed by atoms with E-state index in [0.29, 0.717) is 26.3 Å². The van der Waals surface area contributed by atoms with E-state index in [-0.39, 0.29) is 17.1 Å². The summed E-state index contributed by atoms with van der Waals surface area (Å²) < 4.78 is 9.88. The third-order valence-electron chi connectivity index (χ3n) is 2.76. The van der Waals surface area contributed by atoms with Crippen molar-refractivity contribution in [2.45, 2.75) is 0 Å². The van der Waals surface area contributed by atoms with Gasteiger partial charge >= 0.3 is 0 Å². The molecule has 1 heterocycles. The van der Waals surface area contributed by atoms with Crippen molar-refractivity contribution in [3.63, 3.8) is 0 Å². The molecule has 0 radical (unpaired) electrons. The van der Waals surface area contributed by atoms with Crippen molar-refractivity contribution in [2.75, 3.05) is 46.3 Å². The largest absolute Gasteiger partial charge is 0.383 e. The molecule has 1 aromatic heterocycles. The Balaban J connectivity index is 3.00. The number of carbonyl (C=O) groups excluding carboxylic acids is 1. The Kier molecular flexibility index (Phi) is 6.50. The molecule has 0 aliphatic carbocycles. The van der Waals surface area contributed by atoms with Crippen LogP contribution in [0.25, 0.3) is 0 Å². The number of nitro groups is 1. The van der Waals surface area contributed by atoms with E-state index in [1.54, 1.807) is 0 Å². The van der Waals surface area contributed by atoms with Crippen molar-refractivity contribution in [1.82, 2.24) is 9.88 Å². The second-order valence-electron chi connectivity index (χ2n) is 4.16. The number of anilines is 1. The molecule has 9 heteroatoms. The molecule has 9 nitrogen and oxygen atoms in total. The molecule has 0 aliphatic rings. The second-order valence-corrected chi connectivity index (χ2v) is 4.16. The summed E-state index contributed by atoms with van der Waals surface area (Å²) in [4.78, 5) is 27.7. The molecule has 0 saturated heterocycles. The van der Waals surface area contributed by atoms with Crippen LogP contribution in [0.4, 0.5) is 11.5 Å². The van der Waals surface area contributed by atoms with Gasteiger partial charge in [-0.1, -0.05) is 0 Å². The summed E-state index contributed by atoms with van der Waals surface area (Å²) in [6.45, 7) is 1.30. The summed E-state index contributed by atoms with van der Waals surface area (Å²) in [6, 6.07) is 1.12. The van der Waals surface area contributed by atoms with E-state index in [0.717, 1.165) is 12.3 Å². The minimum absolute atomic E-state index is 0.00333. The minimum Gasteiger partial charge on any atom is -0.383 e. The first kappa shape index (κ1) is 16.8. The molecular weight excluding hydrogens is 280 g/mol. The van der Waals surface area contributed by atoms with Crippen LogP contribution in [0.5, 0.6) is 0 Å². The molecule has 0 bridgehead atoms. The average Bonchev–Trinajstić information content (AvgIpc) is 2.47. The molecule has 0 unspecified atom stereocenters. The summed E-state index contributed by atoms with van der Waals surface area (Å²) in [6.07, 6.45) is 1.01. The lowest BCUT2D eigenvalue weighted by atomic mass is 10.2. The van der Waals surface area contributed by atoms with Gasteiger partial charge in [0, 0.05) is 33.4 Å². The summed E-state index contributed by atoms with van der Waals surface area (Å²) in [7, 11) is 3.03. The van der Waals surface area contributed by atoms with Crippen molar-refractivity contribution >= 4 is 17.4 Å². The van der Waals surface area contributed by atoms with Crippen LogP contribution >= 0.6 is 0 Å². The first-order valence-corrected chi connectivity index (χ1v) is 6.18. The Morgan fingerprint density at radius 2 is 1.95 bits per heavy atom. The number of hydrogen-bond donors (Lipinski definition) is 1. The molecule has 1 rings (SSSR count). The van der Waals surface area contributed by atoms with E-state index < -0.39 is 10.8 Å². The van der Waals surface area contributed by atoms with Crippen LogP contribution < -0.4 is 5.73 Å². The monoisotopic (exact) mass is 298 g/mol. The molecule has 1 aromatic rings. The lowest BCUT2D eigenvalue weighted by Gasteiger charge is -2.22. The fraction of sp³-hybridized carbons (Fsp3) is 0.500. The van der Waals surface area contributed by atoms with Crippen LogP contribution in [0.2, 0.25) is 0 Å². The predicted octanol–water partition coefficient (Wildman–Crippen LogP) is 0.307. The first-order chi connectivity index (χ1) is 10.0. The summed E-state index contributed by atoms with van der Waals surface area (Å²) in [5, 5.41) is 10.8. The number of amides is 1. The van der Waals surface area contributed by atoms with Crippen LogP contribution in [-0.2, 0) is 9.47 Å². The van der Waals surface area contributed by atoms with Crippen molar-refractivity contribution < 1.29 is 19.2 Å². The van der Waals surface area contributed by atoms with Gasteiger partial charge in [0.2, 0.25) is 0 Å². The number of nitrogen functional groups attached to an aromatic ring is 1. The normalized spacial score (nSPS) is 10.4. The van der Waals surface area contributed by atoms with E-state index in [9.17, 15) is 14.9 Å². The van der Waals surface area contributed by atoms with Gasteiger partial charge in [0.05, 0.1) is 23.7 Å². The van der Waals surface area contributed by atoms with Gasteiger partial charge < -0.3 is 20.1 Å². The third kappa shape index (κ3) is 4.65. The highest BCUT2D eigenvalue weighted by atomic mass is 16.6. The van der Waals surface area contributed by atoms with Crippen molar-refractivity contribution in [3.8, 4) is 0 Å². The second kappa shape index (κ2) is 8.12. The molecule has 116 valence electrons. The number of hydrogen-bond acceptors (Lipinski definition) is 7. The van der Waals surface area contributed by atoms with Gasteiger partial charge in [-0.25, -0.2) is 4.98 Å². The Hall–Kier alpha value is -2.26. The molecule has 0 atom stereocenters. The van der Waals surface area contributed by atoms with Gasteiger partial charge in [0.1, 0.15) is 12.0 Å². The number of carbonyl (C=O) groups is 1. The zero-order valence-corrected chi connectivity index (χ0v) is 11.9. The minimum atomic E-state index is -0.627. The molecule has 0 saturated carbocycles. The van der Waals surface area contributed by atoms with Crippen molar-refractivity contribution in [1.29, 1.82) is 0 Å². The predicted molar refractivity (Wildman–Crippen MR) is 75.0 cm³/mol. The van der Waals surface area contributed by atoms with Crippen LogP contribution in [-0.4, -0.2) is 61.2 Å². The molecule has 0 aliphatic heterocycles. The van der Waals surface area contributed by atoms with Gasteiger partial charge in [-0.05, 0) is 0 Å². The fourth-order valence-corrected chi connectivity index (χ4v) is 1.62. The number of aromatic nitrogens is 1. The number of rotatable bonds is 8. The number of ether oxygens (including phenoxy) is 2. The van der Waals surface area contributed by atoms with Crippen molar-refractivity contribution in [2.24, 2.45) is 0 Å². The Labute approximate surface area is 121 Å². The highest BCUT2D eigenvalue weighted by Gasteiger charge is 2.21. The zero-order chi connectivity index (χ0) is 15.8. The number of pyridine rings is 1. The van der Waals surface area contributed by atoms with Crippen LogP contribution in [0, 0.1) is 10.1 Å². The highest BCUT2D eigenvalue weighted by Crippen LogP contribution is 2.18. The standard InChI is InChI=1S/C12H18N4O5/c1-20-5-3-15(4-6-21-2)12(17)10-7-9(16(18)19)8-14-11(10)13/h7-8H,3-6H2,1-2H3,(H2,13,14). The number of nitrogens with two attached hydrogens (primary N) is 1. The summed E-state index contributed by atoms with van der Waals surface area (Å²) >= 11 is 0. The Morgan fingerprint density at radius 1 is 1.38 bits per heavy atom. The topological polar surface area (TPSA) is 121 Å². The maximum Gasteiger partial charge on any atom is 0.288 e. The van der Waals surface area contributed by atoms with E-state index in [1.807, 2.05) is 0 Å². The maximum absolute atomic E-state index is 12.4. The molecular formula is C12H18N4O5.